The van der Waals surface area contributed by atoms with Gasteiger partial charge in [-0.2, -0.15) is 0 Å². The van der Waals surface area contributed by atoms with Gasteiger partial charge in [0.2, 0.25) is 0 Å². The van der Waals surface area contributed by atoms with Crippen LogP contribution < -0.4 is 5.73 Å². The van der Waals surface area contributed by atoms with E-state index in [-0.39, 0.29) is 5.54 Å². The fourth-order valence-corrected chi connectivity index (χ4v) is 1.18. The molecule has 1 unspecified atom stereocenters. The molecule has 66 valence electrons. The first-order valence-corrected chi connectivity index (χ1v) is 4.46. The Labute approximate surface area is 70.7 Å². The van der Waals surface area contributed by atoms with E-state index in [2.05, 4.69) is 33.8 Å². The van der Waals surface area contributed by atoms with E-state index in [1.54, 1.807) is 0 Å². The molecule has 2 N–H and O–H groups in total. The Kier molecular flexibility index (Phi) is 4.43. The van der Waals surface area contributed by atoms with Crippen LogP contribution >= 0.6 is 0 Å². The lowest BCUT2D eigenvalue weighted by Gasteiger charge is -2.22. The molecule has 0 radical (unpaired) electrons. The molecule has 0 spiro atoms. The van der Waals surface area contributed by atoms with E-state index in [1.165, 1.54) is 5.57 Å². The quantitative estimate of drug-likeness (QED) is 0.621. The van der Waals surface area contributed by atoms with Crippen molar-refractivity contribution in [1.82, 2.24) is 0 Å². The van der Waals surface area contributed by atoms with Crippen molar-refractivity contribution in [2.24, 2.45) is 5.73 Å². The summed E-state index contributed by atoms with van der Waals surface area (Å²) >= 11 is 0. The van der Waals surface area contributed by atoms with Crippen molar-refractivity contribution < 1.29 is 0 Å². The molecule has 0 saturated heterocycles. The zero-order valence-electron chi connectivity index (χ0n) is 8.28. The Morgan fingerprint density at radius 2 is 2.00 bits per heavy atom. The van der Waals surface area contributed by atoms with Crippen LogP contribution in [-0.2, 0) is 0 Å². The van der Waals surface area contributed by atoms with Gasteiger partial charge in [-0.25, -0.2) is 0 Å². The molecule has 0 aliphatic carbocycles. The molecular formula is C10H21N. The maximum absolute atomic E-state index is 6.01. The van der Waals surface area contributed by atoms with Crippen LogP contribution in [0.2, 0.25) is 0 Å². The van der Waals surface area contributed by atoms with E-state index >= 15 is 0 Å². The molecule has 0 rings (SSSR count). The smallest absolute Gasteiger partial charge is 0.0160 e. The summed E-state index contributed by atoms with van der Waals surface area (Å²) in [6.45, 7) is 8.56. The molecule has 1 atom stereocenters. The van der Waals surface area contributed by atoms with Crippen LogP contribution in [0.5, 0.6) is 0 Å². The second kappa shape index (κ2) is 4.55. The normalized spacial score (nSPS) is 18.1. The van der Waals surface area contributed by atoms with Gasteiger partial charge in [-0.3, -0.25) is 0 Å². The number of hydrogen-bond acceptors (Lipinski definition) is 1. The molecule has 11 heavy (non-hydrogen) atoms. The maximum atomic E-state index is 6.01. The van der Waals surface area contributed by atoms with Gasteiger partial charge in [0, 0.05) is 5.54 Å². The van der Waals surface area contributed by atoms with E-state index in [0.717, 1.165) is 19.3 Å². The molecule has 0 saturated carbocycles. The molecule has 0 aliphatic heterocycles. The van der Waals surface area contributed by atoms with Crippen molar-refractivity contribution in [2.45, 2.75) is 52.5 Å². The third-order valence-electron chi connectivity index (χ3n) is 2.04. The van der Waals surface area contributed by atoms with Crippen LogP contribution in [0, 0.1) is 0 Å². The van der Waals surface area contributed by atoms with E-state index in [1.807, 2.05) is 0 Å². The number of hydrogen-bond donors (Lipinski definition) is 1. The van der Waals surface area contributed by atoms with Gasteiger partial charge in [-0.15, -0.1) is 0 Å². The maximum Gasteiger partial charge on any atom is 0.0160 e. The van der Waals surface area contributed by atoms with Crippen LogP contribution in [-0.4, -0.2) is 5.54 Å². The van der Waals surface area contributed by atoms with Crippen molar-refractivity contribution in [3.05, 3.63) is 11.6 Å². The van der Waals surface area contributed by atoms with Crippen LogP contribution in [0.25, 0.3) is 0 Å². The SMILES string of the molecule is CC/C=C(/C)CC(C)(N)CC. The Hall–Kier alpha value is -0.300. The second-order valence-corrected chi connectivity index (χ2v) is 3.64. The van der Waals surface area contributed by atoms with Crippen molar-refractivity contribution >= 4 is 0 Å². The third-order valence-corrected chi connectivity index (χ3v) is 2.04. The predicted molar refractivity (Wildman–Crippen MR) is 51.5 cm³/mol. The van der Waals surface area contributed by atoms with Crippen LogP contribution in [0.15, 0.2) is 11.6 Å². The predicted octanol–water partition coefficient (Wildman–Crippen LogP) is 2.86. The van der Waals surface area contributed by atoms with Crippen molar-refractivity contribution in [2.75, 3.05) is 0 Å². The van der Waals surface area contributed by atoms with E-state index in [0.29, 0.717) is 0 Å². The number of allylic oxidation sites excluding steroid dienone is 1. The van der Waals surface area contributed by atoms with E-state index in [9.17, 15) is 0 Å². The highest BCUT2D eigenvalue weighted by molar-refractivity contribution is 5.03. The monoisotopic (exact) mass is 155 g/mol. The highest BCUT2D eigenvalue weighted by atomic mass is 14.7. The molecule has 1 nitrogen and oxygen atoms in total. The van der Waals surface area contributed by atoms with Crippen LogP contribution in [0.4, 0.5) is 0 Å². The average molecular weight is 155 g/mol. The zero-order valence-corrected chi connectivity index (χ0v) is 8.28. The van der Waals surface area contributed by atoms with Gasteiger partial charge < -0.3 is 5.73 Å². The van der Waals surface area contributed by atoms with Crippen LogP contribution in [0.1, 0.15) is 47.0 Å². The van der Waals surface area contributed by atoms with Crippen LogP contribution in [0.3, 0.4) is 0 Å². The molecule has 0 amide bonds. The van der Waals surface area contributed by atoms with Gasteiger partial charge in [-0.05, 0) is 33.1 Å². The molecule has 0 fully saturated rings. The molecule has 0 aromatic carbocycles. The second-order valence-electron chi connectivity index (χ2n) is 3.64. The number of nitrogens with two attached hydrogens (primary N) is 1. The van der Waals surface area contributed by atoms with E-state index < -0.39 is 0 Å². The first kappa shape index (κ1) is 10.7. The summed E-state index contributed by atoms with van der Waals surface area (Å²) in [6.07, 6.45) is 5.44. The van der Waals surface area contributed by atoms with Gasteiger partial charge in [0.1, 0.15) is 0 Å². The summed E-state index contributed by atoms with van der Waals surface area (Å²) in [7, 11) is 0. The summed E-state index contributed by atoms with van der Waals surface area (Å²) < 4.78 is 0. The Balaban J connectivity index is 3.92. The average Bonchev–Trinajstić information content (AvgIpc) is 1.87. The summed E-state index contributed by atoms with van der Waals surface area (Å²) in [4.78, 5) is 0. The first-order chi connectivity index (χ1) is 5.02. The fourth-order valence-electron chi connectivity index (χ4n) is 1.18. The van der Waals surface area contributed by atoms with Crippen molar-refractivity contribution in [1.29, 1.82) is 0 Å². The lowest BCUT2D eigenvalue weighted by Crippen LogP contribution is -2.35. The standard InChI is InChI=1S/C10H21N/c1-5-7-9(3)8-10(4,11)6-2/h7H,5-6,8,11H2,1-4H3/b9-7-. The zero-order chi connectivity index (χ0) is 8.91. The van der Waals surface area contributed by atoms with Gasteiger partial charge in [-0.1, -0.05) is 25.5 Å². The molecule has 0 bridgehead atoms. The van der Waals surface area contributed by atoms with Gasteiger partial charge in [0.05, 0.1) is 0 Å². The highest BCUT2D eigenvalue weighted by Gasteiger charge is 2.14. The lowest BCUT2D eigenvalue weighted by atomic mass is 9.92. The highest BCUT2D eigenvalue weighted by Crippen LogP contribution is 2.16. The molecule has 1 heteroatoms. The molecule has 0 aliphatic rings. The molecular weight excluding hydrogens is 134 g/mol. The summed E-state index contributed by atoms with van der Waals surface area (Å²) in [5.41, 5.74) is 7.42. The minimum Gasteiger partial charge on any atom is -0.325 e. The van der Waals surface area contributed by atoms with Gasteiger partial charge in [0.15, 0.2) is 0 Å². The molecule has 0 aromatic rings. The van der Waals surface area contributed by atoms with Gasteiger partial charge >= 0.3 is 0 Å². The lowest BCUT2D eigenvalue weighted by molar-refractivity contribution is 0.448. The number of rotatable bonds is 4. The Bertz CT molecular complexity index is 134. The minimum absolute atomic E-state index is 0.00421. The minimum atomic E-state index is -0.00421. The van der Waals surface area contributed by atoms with Crippen molar-refractivity contribution in [3.63, 3.8) is 0 Å². The summed E-state index contributed by atoms with van der Waals surface area (Å²) in [5.74, 6) is 0. The fraction of sp³-hybridized carbons (Fsp3) is 0.800. The topological polar surface area (TPSA) is 26.0 Å². The molecule has 0 aromatic heterocycles. The van der Waals surface area contributed by atoms with Crippen molar-refractivity contribution in [3.8, 4) is 0 Å². The summed E-state index contributed by atoms with van der Waals surface area (Å²) in [6, 6.07) is 0. The molecule has 0 heterocycles. The first-order valence-electron chi connectivity index (χ1n) is 4.46. The Morgan fingerprint density at radius 1 is 1.45 bits per heavy atom. The van der Waals surface area contributed by atoms with Gasteiger partial charge in [0.25, 0.3) is 0 Å². The largest absolute Gasteiger partial charge is 0.325 e. The van der Waals surface area contributed by atoms with E-state index in [4.69, 9.17) is 5.73 Å². The summed E-state index contributed by atoms with van der Waals surface area (Å²) in [5, 5.41) is 0. The third kappa shape index (κ3) is 5.02. The Morgan fingerprint density at radius 3 is 2.36 bits per heavy atom.